The number of nitrogens with zero attached hydrogens (tertiary/aromatic N) is 6. The van der Waals surface area contributed by atoms with E-state index in [0.717, 1.165) is 24.3 Å². The molecular formula is C22H26N8O2. The lowest BCUT2D eigenvalue weighted by Gasteiger charge is -2.33. The molecule has 0 aliphatic carbocycles. The average molecular weight is 435 g/mol. The Bertz CT molecular complexity index is 1130. The van der Waals surface area contributed by atoms with Gasteiger partial charge in [-0.05, 0) is 32.5 Å². The Balaban J connectivity index is 1.76. The molecule has 0 saturated carbocycles. The Hall–Kier alpha value is -3.79. The van der Waals surface area contributed by atoms with Crippen molar-refractivity contribution in [2.24, 2.45) is 0 Å². The van der Waals surface area contributed by atoms with Crippen LogP contribution in [0.25, 0.3) is 12.2 Å². The predicted molar refractivity (Wildman–Crippen MR) is 125 cm³/mol. The Morgan fingerprint density at radius 3 is 2.44 bits per heavy atom. The number of hydrogen-bond acceptors (Lipinski definition) is 8. The fraction of sp³-hybridized carbons (Fsp3) is 0.318. The van der Waals surface area contributed by atoms with Crippen LogP contribution in [0.15, 0.2) is 30.3 Å². The van der Waals surface area contributed by atoms with Crippen molar-refractivity contribution in [1.82, 2.24) is 25.1 Å². The fourth-order valence-electron chi connectivity index (χ4n) is 3.48. The second-order valence-electron chi connectivity index (χ2n) is 7.96. The van der Waals surface area contributed by atoms with Gasteiger partial charge in [-0.15, -0.1) is 0 Å². The molecule has 1 aliphatic rings. The topological polar surface area (TPSA) is 116 Å². The number of aromatic nitrogens is 4. The molecule has 10 nitrogen and oxygen atoms in total. The summed E-state index contributed by atoms with van der Waals surface area (Å²) in [5.41, 5.74) is 2.86. The number of H-pyrrole nitrogens is 1. The first-order valence-electron chi connectivity index (χ1n) is 10.4. The molecule has 1 aliphatic heterocycles. The van der Waals surface area contributed by atoms with Crippen LogP contribution in [0.2, 0.25) is 0 Å². The van der Waals surface area contributed by atoms with Crippen LogP contribution in [0.4, 0.5) is 23.1 Å². The van der Waals surface area contributed by atoms with E-state index < -0.39 is 4.92 Å². The molecule has 0 bridgehead atoms. The summed E-state index contributed by atoms with van der Waals surface area (Å²) in [6.07, 6.45) is 3.67. The summed E-state index contributed by atoms with van der Waals surface area (Å²) in [6.45, 7) is 6.79. The molecular weight excluding hydrogens is 408 g/mol. The molecule has 2 N–H and O–H groups in total. The van der Waals surface area contributed by atoms with Crippen LogP contribution in [0.1, 0.15) is 22.6 Å². The number of anilines is 3. The van der Waals surface area contributed by atoms with Gasteiger partial charge in [0.05, 0.1) is 4.92 Å². The number of hydrogen-bond donors (Lipinski definition) is 2. The molecule has 1 fully saturated rings. The SMILES string of the molecule is Cc1ccc(/C=C/c2nc(Nc3cc(C)[nH]n3)c([N+](=O)[O-])c(N3CCN(C)CC3)n2)cc1. The van der Waals surface area contributed by atoms with Crippen molar-refractivity contribution in [2.75, 3.05) is 43.4 Å². The van der Waals surface area contributed by atoms with Crippen LogP contribution in [0.5, 0.6) is 0 Å². The second-order valence-corrected chi connectivity index (χ2v) is 7.96. The summed E-state index contributed by atoms with van der Waals surface area (Å²) in [4.78, 5) is 24.8. The minimum absolute atomic E-state index is 0.119. The van der Waals surface area contributed by atoms with E-state index in [9.17, 15) is 10.1 Å². The third-order valence-corrected chi connectivity index (χ3v) is 5.32. The average Bonchev–Trinajstić information content (AvgIpc) is 3.18. The Morgan fingerprint density at radius 2 is 1.81 bits per heavy atom. The summed E-state index contributed by atoms with van der Waals surface area (Å²) in [7, 11) is 2.04. The van der Waals surface area contributed by atoms with E-state index in [1.165, 1.54) is 5.56 Å². The number of aryl methyl sites for hydroxylation is 2. The minimum Gasteiger partial charge on any atom is -0.348 e. The molecule has 0 atom stereocenters. The molecule has 0 spiro atoms. The Morgan fingerprint density at radius 1 is 1.09 bits per heavy atom. The van der Waals surface area contributed by atoms with Gasteiger partial charge in [-0.1, -0.05) is 35.9 Å². The number of benzene rings is 1. The first kappa shape index (κ1) is 21.4. The van der Waals surface area contributed by atoms with Gasteiger partial charge < -0.3 is 15.1 Å². The molecule has 3 aromatic rings. The lowest BCUT2D eigenvalue weighted by Crippen LogP contribution is -2.45. The van der Waals surface area contributed by atoms with Gasteiger partial charge in [0, 0.05) is 37.9 Å². The molecule has 2 aromatic heterocycles. The van der Waals surface area contributed by atoms with Gasteiger partial charge in [0.1, 0.15) is 0 Å². The molecule has 10 heteroatoms. The number of nitro groups is 1. The lowest BCUT2D eigenvalue weighted by molar-refractivity contribution is -0.383. The van der Waals surface area contributed by atoms with Crippen molar-refractivity contribution < 1.29 is 4.92 Å². The van der Waals surface area contributed by atoms with E-state index in [1.807, 2.05) is 56.1 Å². The van der Waals surface area contributed by atoms with Gasteiger partial charge in [-0.25, -0.2) is 9.97 Å². The molecule has 0 amide bonds. The van der Waals surface area contributed by atoms with E-state index in [0.29, 0.717) is 30.5 Å². The normalized spacial score (nSPS) is 14.8. The van der Waals surface area contributed by atoms with Crippen molar-refractivity contribution in [3.63, 3.8) is 0 Å². The number of aromatic amines is 1. The van der Waals surface area contributed by atoms with Gasteiger partial charge in [-0.3, -0.25) is 15.2 Å². The zero-order valence-electron chi connectivity index (χ0n) is 18.4. The number of nitrogens with one attached hydrogen (secondary N) is 2. The van der Waals surface area contributed by atoms with E-state index in [1.54, 1.807) is 12.1 Å². The number of piperazine rings is 1. The molecule has 0 unspecified atom stereocenters. The number of likely N-dealkylation sites (N-methyl/N-ethyl adjacent to an activating group) is 1. The zero-order valence-corrected chi connectivity index (χ0v) is 18.4. The maximum atomic E-state index is 12.1. The summed E-state index contributed by atoms with van der Waals surface area (Å²) < 4.78 is 0. The van der Waals surface area contributed by atoms with Crippen LogP contribution in [-0.4, -0.2) is 63.2 Å². The highest BCUT2D eigenvalue weighted by Crippen LogP contribution is 2.35. The molecule has 1 saturated heterocycles. The van der Waals surface area contributed by atoms with E-state index >= 15 is 0 Å². The Labute approximate surface area is 186 Å². The van der Waals surface area contributed by atoms with Gasteiger partial charge in [0.2, 0.25) is 11.6 Å². The Kier molecular flexibility index (Phi) is 6.13. The van der Waals surface area contributed by atoms with Crippen molar-refractivity contribution in [1.29, 1.82) is 0 Å². The summed E-state index contributed by atoms with van der Waals surface area (Å²) in [5, 5.41) is 22.0. The quantitative estimate of drug-likeness (QED) is 0.448. The second kappa shape index (κ2) is 9.15. The largest absolute Gasteiger partial charge is 0.353 e. The fourth-order valence-corrected chi connectivity index (χ4v) is 3.48. The molecule has 0 radical (unpaired) electrons. The van der Waals surface area contributed by atoms with E-state index in [-0.39, 0.29) is 11.5 Å². The van der Waals surface area contributed by atoms with Crippen LogP contribution in [0, 0.1) is 24.0 Å². The molecule has 1 aromatic carbocycles. The zero-order chi connectivity index (χ0) is 22.7. The van der Waals surface area contributed by atoms with Crippen LogP contribution in [-0.2, 0) is 0 Å². The third-order valence-electron chi connectivity index (χ3n) is 5.32. The highest BCUT2D eigenvalue weighted by atomic mass is 16.6. The van der Waals surface area contributed by atoms with Gasteiger partial charge in [0.25, 0.3) is 0 Å². The highest BCUT2D eigenvalue weighted by molar-refractivity contribution is 5.77. The molecule has 4 rings (SSSR count). The van der Waals surface area contributed by atoms with Crippen LogP contribution >= 0.6 is 0 Å². The molecule has 166 valence electrons. The molecule has 32 heavy (non-hydrogen) atoms. The first-order chi connectivity index (χ1) is 15.4. The number of rotatable bonds is 6. The van der Waals surface area contributed by atoms with Crippen molar-refractivity contribution in [3.8, 4) is 0 Å². The highest BCUT2D eigenvalue weighted by Gasteiger charge is 2.30. The third kappa shape index (κ3) is 4.92. The smallest absolute Gasteiger partial charge is 0.348 e. The summed E-state index contributed by atoms with van der Waals surface area (Å²) in [5.74, 6) is 1.28. The van der Waals surface area contributed by atoms with E-state index in [2.05, 4.69) is 30.4 Å². The summed E-state index contributed by atoms with van der Waals surface area (Å²) >= 11 is 0. The van der Waals surface area contributed by atoms with Gasteiger partial charge in [0.15, 0.2) is 11.6 Å². The van der Waals surface area contributed by atoms with Gasteiger partial charge in [-0.2, -0.15) is 5.10 Å². The van der Waals surface area contributed by atoms with Gasteiger partial charge >= 0.3 is 5.69 Å². The minimum atomic E-state index is -0.428. The predicted octanol–water partition coefficient (Wildman–Crippen LogP) is 3.39. The molecule has 3 heterocycles. The van der Waals surface area contributed by atoms with E-state index in [4.69, 9.17) is 0 Å². The maximum absolute atomic E-state index is 12.1. The van der Waals surface area contributed by atoms with Crippen molar-refractivity contribution in [2.45, 2.75) is 13.8 Å². The maximum Gasteiger partial charge on any atom is 0.353 e. The lowest BCUT2D eigenvalue weighted by atomic mass is 10.1. The summed E-state index contributed by atoms with van der Waals surface area (Å²) in [6, 6.07) is 9.83. The monoisotopic (exact) mass is 434 g/mol. The standard InChI is InChI=1S/C22H26N8O2/c1-15-4-6-17(7-5-15)8-9-18-23-21(24-19-14-16(2)26-27-19)20(30(31)32)22(25-18)29-12-10-28(3)11-13-29/h4-9,14H,10-13H2,1-3H3,(H2,23,24,25,26,27)/b9-8+. The van der Waals surface area contributed by atoms with Crippen molar-refractivity contribution >= 4 is 35.3 Å². The first-order valence-corrected chi connectivity index (χ1v) is 10.4. The van der Waals surface area contributed by atoms with Crippen molar-refractivity contribution in [3.05, 3.63) is 63.1 Å². The van der Waals surface area contributed by atoms with Crippen LogP contribution < -0.4 is 10.2 Å². The van der Waals surface area contributed by atoms with Crippen LogP contribution in [0.3, 0.4) is 0 Å².